The fourth-order valence-corrected chi connectivity index (χ4v) is 5.87. The molecule has 5 heterocycles. The summed E-state index contributed by atoms with van der Waals surface area (Å²) < 4.78 is 18.1. The lowest BCUT2D eigenvalue weighted by molar-refractivity contribution is 0.00155. The van der Waals surface area contributed by atoms with Crippen molar-refractivity contribution in [2.45, 2.75) is 35.7 Å². The summed E-state index contributed by atoms with van der Waals surface area (Å²) in [6.07, 6.45) is 9.21. The maximum Gasteiger partial charge on any atom is 0.155 e. The first-order valence-electron chi connectivity index (χ1n) is 10.5. The molecular formula is C23H20FN7S. The van der Waals surface area contributed by atoms with E-state index in [-0.39, 0.29) is 5.03 Å². The van der Waals surface area contributed by atoms with Gasteiger partial charge in [0, 0.05) is 47.2 Å². The van der Waals surface area contributed by atoms with Crippen LogP contribution in [0.2, 0.25) is 0 Å². The summed E-state index contributed by atoms with van der Waals surface area (Å²) in [5.74, 6) is -0.396. The molecule has 0 atom stereocenters. The maximum absolute atomic E-state index is 14.3. The molecule has 1 saturated carbocycles. The fraction of sp³-hybridized carbons (Fsp3) is 0.304. The van der Waals surface area contributed by atoms with Crippen LogP contribution in [0.1, 0.15) is 30.1 Å². The van der Waals surface area contributed by atoms with E-state index in [9.17, 15) is 9.65 Å². The lowest BCUT2D eigenvalue weighted by atomic mass is 9.61. The predicted molar refractivity (Wildman–Crippen MR) is 118 cm³/mol. The van der Waals surface area contributed by atoms with Gasteiger partial charge in [0.05, 0.1) is 29.5 Å². The Morgan fingerprint density at radius 3 is 2.84 bits per heavy atom. The van der Waals surface area contributed by atoms with E-state index in [0.717, 1.165) is 47.6 Å². The van der Waals surface area contributed by atoms with E-state index in [4.69, 9.17) is 5.10 Å². The number of hydrogen-bond acceptors (Lipinski definition) is 6. The third kappa shape index (κ3) is 2.94. The zero-order chi connectivity index (χ0) is 21.9. The number of rotatable bonds is 4. The minimum Gasteiger partial charge on any atom is -0.316 e. The van der Waals surface area contributed by atoms with Crippen molar-refractivity contribution in [1.29, 1.82) is 5.26 Å². The Balaban J connectivity index is 1.41. The van der Waals surface area contributed by atoms with Crippen molar-refractivity contribution in [2.75, 3.05) is 13.1 Å². The van der Waals surface area contributed by atoms with Gasteiger partial charge in [-0.2, -0.15) is 15.5 Å². The van der Waals surface area contributed by atoms with Crippen molar-refractivity contribution in [1.82, 2.24) is 29.7 Å². The van der Waals surface area contributed by atoms with Gasteiger partial charge in [0.15, 0.2) is 5.82 Å². The number of hydrogen-bond donors (Lipinski definition) is 1. The monoisotopic (exact) mass is 445 g/mol. The second kappa shape index (κ2) is 7.15. The van der Waals surface area contributed by atoms with Crippen LogP contribution in [0.3, 0.4) is 0 Å². The van der Waals surface area contributed by atoms with E-state index in [1.165, 1.54) is 24.0 Å². The molecule has 0 aromatic carbocycles. The molecule has 1 aliphatic heterocycles. The van der Waals surface area contributed by atoms with Crippen LogP contribution < -0.4 is 5.32 Å². The largest absolute Gasteiger partial charge is 0.316 e. The number of nitriles is 1. The third-order valence-corrected chi connectivity index (χ3v) is 7.69. The van der Waals surface area contributed by atoms with Gasteiger partial charge >= 0.3 is 0 Å². The zero-order valence-electron chi connectivity index (χ0n) is 17.4. The van der Waals surface area contributed by atoms with Gasteiger partial charge in [-0.1, -0.05) is 11.8 Å². The van der Waals surface area contributed by atoms with E-state index in [1.807, 2.05) is 18.5 Å². The van der Waals surface area contributed by atoms with Gasteiger partial charge in [-0.05, 0) is 43.4 Å². The zero-order valence-corrected chi connectivity index (χ0v) is 18.2. The first-order valence-corrected chi connectivity index (χ1v) is 11.3. The SMILES string of the molecule is Cc1c(-c2cc(Sc3ncccc3F)c3c(C#N)cnn3c2)cnn1C1CC2(CNC2)C1. The summed E-state index contributed by atoms with van der Waals surface area (Å²) in [5.41, 5.74) is 4.60. The lowest BCUT2D eigenvalue weighted by Gasteiger charge is -2.54. The number of nitrogens with one attached hydrogen (secondary N) is 1. The summed E-state index contributed by atoms with van der Waals surface area (Å²) in [6, 6.07) is 7.54. The van der Waals surface area contributed by atoms with Gasteiger partial charge in [0.25, 0.3) is 0 Å². The Morgan fingerprint density at radius 1 is 1.28 bits per heavy atom. The molecule has 2 aliphatic rings. The van der Waals surface area contributed by atoms with Gasteiger partial charge < -0.3 is 5.32 Å². The van der Waals surface area contributed by atoms with Crippen LogP contribution in [0.4, 0.5) is 4.39 Å². The summed E-state index contributed by atoms with van der Waals surface area (Å²) in [6.45, 7) is 4.31. The van der Waals surface area contributed by atoms with Gasteiger partial charge in [-0.15, -0.1) is 0 Å². The summed E-state index contributed by atoms with van der Waals surface area (Å²) in [7, 11) is 0. The topological polar surface area (TPSA) is 83.8 Å². The van der Waals surface area contributed by atoms with Gasteiger partial charge in [-0.25, -0.2) is 13.9 Å². The van der Waals surface area contributed by atoms with Crippen LogP contribution in [0.25, 0.3) is 16.6 Å². The molecule has 1 N–H and O–H groups in total. The molecule has 0 amide bonds. The molecule has 160 valence electrons. The molecule has 0 radical (unpaired) electrons. The normalized spacial score (nSPS) is 17.3. The second-order valence-corrected chi connectivity index (χ2v) is 9.73. The van der Waals surface area contributed by atoms with Crippen molar-refractivity contribution in [3.05, 3.63) is 60.1 Å². The molecule has 4 aromatic heterocycles. The molecule has 7 nitrogen and oxygen atoms in total. The van der Waals surface area contributed by atoms with Crippen molar-refractivity contribution in [3.8, 4) is 17.2 Å². The maximum atomic E-state index is 14.3. The molecule has 32 heavy (non-hydrogen) atoms. The van der Waals surface area contributed by atoms with Crippen molar-refractivity contribution in [3.63, 3.8) is 0 Å². The number of nitrogens with zero attached hydrogens (tertiary/aromatic N) is 6. The Bertz CT molecular complexity index is 1390. The molecule has 1 aliphatic carbocycles. The van der Waals surface area contributed by atoms with Crippen LogP contribution in [0.15, 0.2) is 52.9 Å². The fourth-order valence-electron chi connectivity index (χ4n) is 4.90. The summed E-state index contributed by atoms with van der Waals surface area (Å²) in [5, 5.41) is 22.3. The summed E-state index contributed by atoms with van der Waals surface area (Å²) >= 11 is 1.20. The lowest BCUT2D eigenvalue weighted by Crippen LogP contribution is -2.60. The first kappa shape index (κ1) is 19.5. The Kier molecular flexibility index (Phi) is 4.35. The molecule has 4 aromatic rings. The smallest absolute Gasteiger partial charge is 0.155 e. The highest BCUT2D eigenvalue weighted by Crippen LogP contribution is 2.51. The van der Waals surface area contributed by atoms with E-state index < -0.39 is 5.82 Å². The van der Waals surface area contributed by atoms with E-state index in [0.29, 0.717) is 22.5 Å². The molecule has 9 heteroatoms. The molecule has 0 unspecified atom stereocenters. The highest BCUT2D eigenvalue weighted by molar-refractivity contribution is 7.99. The van der Waals surface area contributed by atoms with E-state index in [1.54, 1.807) is 16.8 Å². The molecule has 0 bridgehead atoms. The average molecular weight is 446 g/mol. The number of pyridine rings is 2. The molecule has 1 saturated heterocycles. The highest BCUT2D eigenvalue weighted by Gasteiger charge is 2.49. The third-order valence-electron chi connectivity index (χ3n) is 6.67. The second-order valence-electron chi connectivity index (χ2n) is 8.70. The van der Waals surface area contributed by atoms with Gasteiger partial charge in [0.2, 0.25) is 0 Å². The number of fused-ring (bicyclic) bond motifs is 1. The van der Waals surface area contributed by atoms with E-state index >= 15 is 0 Å². The van der Waals surface area contributed by atoms with Crippen LogP contribution in [0, 0.1) is 29.5 Å². The van der Waals surface area contributed by atoms with Gasteiger partial charge in [-0.3, -0.25) is 4.68 Å². The van der Waals surface area contributed by atoms with Crippen LogP contribution in [-0.2, 0) is 0 Å². The van der Waals surface area contributed by atoms with Crippen LogP contribution in [-0.4, -0.2) is 37.5 Å². The van der Waals surface area contributed by atoms with Crippen LogP contribution >= 0.6 is 11.8 Å². The predicted octanol–water partition coefficient (Wildman–Crippen LogP) is 3.99. The quantitative estimate of drug-likeness (QED) is 0.511. The Hall–Kier alpha value is -3.22. The van der Waals surface area contributed by atoms with Gasteiger partial charge in [0.1, 0.15) is 11.1 Å². The average Bonchev–Trinajstić information content (AvgIpc) is 3.31. The minimum atomic E-state index is -0.396. The van der Waals surface area contributed by atoms with Crippen molar-refractivity contribution < 1.29 is 4.39 Å². The molecule has 6 rings (SSSR count). The van der Waals surface area contributed by atoms with Crippen LogP contribution in [0.5, 0.6) is 0 Å². The number of aromatic nitrogens is 5. The summed E-state index contributed by atoms with van der Waals surface area (Å²) in [4.78, 5) is 4.89. The van der Waals surface area contributed by atoms with E-state index in [2.05, 4.69) is 33.1 Å². The standard InChI is InChI=1S/C23H20FN7S/c1-14-18(10-29-31(14)17-6-23(7-17)12-26-13-23)15-5-20(32-22-19(24)3-2-4-27-22)21-16(8-25)9-28-30(21)11-15/h2-5,9-11,17,26H,6-7,12-13H2,1H3. The number of halogens is 1. The Morgan fingerprint density at radius 2 is 2.12 bits per heavy atom. The van der Waals surface area contributed by atoms with Crippen molar-refractivity contribution >= 4 is 17.3 Å². The Labute approximate surface area is 188 Å². The minimum absolute atomic E-state index is 0.262. The highest BCUT2D eigenvalue weighted by atomic mass is 32.2. The molecule has 1 spiro atoms. The molecule has 2 fully saturated rings. The van der Waals surface area contributed by atoms with Crippen molar-refractivity contribution in [2.24, 2.45) is 5.41 Å². The molecular weight excluding hydrogens is 425 g/mol. The first-order chi connectivity index (χ1) is 15.6.